The van der Waals surface area contributed by atoms with E-state index in [1.807, 2.05) is 42.5 Å². The number of hydrogen-bond donors (Lipinski definition) is 3. The van der Waals surface area contributed by atoms with Crippen LogP contribution in [0.2, 0.25) is 0 Å². The molecule has 0 fully saturated rings. The van der Waals surface area contributed by atoms with Gasteiger partial charge in [0.1, 0.15) is 6.04 Å². The molecule has 140 valence electrons. The molecule has 0 heterocycles. The molecule has 0 aliphatic carbocycles. The van der Waals surface area contributed by atoms with Crippen LogP contribution < -0.4 is 5.73 Å². The number of carbonyl (C=O) groups is 2. The Morgan fingerprint density at radius 2 is 1.52 bits per heavy atom. The van der Waals surface area contributed by atoms with E-state index in [0.29, 0.717) is 5.69 Å². The number of hydrogen-bond acceptors (Lipinski definition) is 5. The van der Waals surface area contributed by atoms with E-state index in [9.17, 15) is 14.7 Å². The van der Waals surface area contributed by atoms with Gasteiger partial charge in [-0.2, -0.15) is 10.2 Å². The van der Waals surface area contributed by atoms with E-state index in [1.165, 1.54) is 0 Å². The van der Waals surface area contributed by atoms with Gasteiger partial charge in [-0.3, -0.25) is 9.59 Å². The molecule has 2 aromatic carbocycles. The second-order valence-electron chi connectivity index (χ2n) is 5.98. The van der Waals surface area contributed by atoms with Gasteiger partial charge in [-0.25, -0.2) is 0 Å². The van der Waals surface area contributed by atoms with E-state index in [4.69, 9.17) is 10.8 Å². The summed E-state index contributed by atoms with van der Waals surface area (Å²) in [5.74, 6) is -3.11. The number of nitrogens with two attached hydrogens (primary N) is 1. The number of nitrogens with zero attached hydrogens (tertiary/aromatic N) is 2. The molecule has 0 amide bonds. The van der Waals surface area contributed by atoms with Gasteiger partial charge in [0, 0.05) is 0 Å². The summed E-state index contributed by atoms with van der Waals surface area (Å²) in [4.78, 5) is 22.0. The SMILES string of the molecule is N[C@@H](CC(CC=Cc1ccc(N=Nc2ccccc2)cc1)C(=O)O)C(=O)O. The zero-order valence-corrected chi connectivity index (χ0v) is 14.6. The zero-order chi connectivity index (χ0) is 19.6. The molecule has 0 bridgehead atoms. The molecule has 2 rings (SSSR count). The topological polar surface area (TPSA) is 125 Å². The zero-order valence-electron chi connectivity index (χ0n) is 14.6. The highest BCUT2D eigenvalue weighted by atomic mass is 16.4. The second kappa shape index (κ2) is 9.98. The van der Waals surface area contributed by atoms with Crippen molar-refractivity contribution in [1.82, 2.24) is 0 Å². The Morgan fingerprint density at radius 1 is 0.926 bits per heavy atom. The smallest absolute Gasteiger partial charge is 0.320 e. The van der Waals surface area contributed by atoms with Gasteiger partial charge in [0.05, 0.1) is 17.3 Å². The van der Waals surface area contributed by atoms with Crippen molar-refractivity contribution in [3.8, 4) is 0 Å². The molecule has 27 heavy (non-hydrogen) atoms. The van der Waals surface area contributed by atoms with Crippen molar-refractivity contribution in [3.63, 3.8) is 0 Å². The van der Waals surface area contributed by atoms with Crippen molar-refractivity contribution < 1.29 is 19.8 Å². The van der Waals surface area contributed by atoms with Crippen molar-refractivity contribution in [1.29, 1.82) is 0 Å². The van der Waals surface area contributed by atoms with Gasteiger partial charge in [-0.15, -0.1) is 0 Å². The van der Waals surface area contributed by atoms with E-state index in [2.05, 4.69) is 10.2 Å². The van der Waals surface area contributed by atoms with Crippen molar-refractivity contribution in [2.45, 2.75) is 18.9 Å². The lowest BCUT2D eigenvalue weighted by Gasteiger charge is -2.12. The fourth-order valence-corrected chi connectivity index (χ4v) is 2.34. The number of azo groups is 1. The van der Waals surface area contributed by atoms with Crippen molar-refractivity contribution in [2.24, 2.45) is 21.9 Å². The monoisotopic (exact) mass is 367 g/mol. The minimum absolute atomic E-state index is 0.117. The highest BCUT2D eigenvalue weighted by Gasteiger charge is 2.23. The minimum Gasteiger partial charge on any atom is -0.481 e. The van der Waals surface area contributed by atoms with Crippen molar-refractivity contribution >= 4 is 29.4 Å². The fraction of sp³-hybridized carbons (Fsp3) is 0.200. The first-order valence-electron chi connectivity index (χ1n) is 8.40. The van der Waals surface area contributed by atoms with Gasteiger partial charge >= 0.3 is 11.9 Å². The lowest BCUT2D eigenvalue weighted by molar-refractivity contribution is -0.143. The number of aliphatic carboxylic acids is 2. The molecule has 0 aromatic heterocycles. The number of carboxylic acids is 2. The highest BCUT2D eigenvalue weighted by molar-refractivity contribution is 5.76. The minimum atomic E-state index is -1.20. The molecule has 0 aliphatic rings. The van der Waals surface area contributed by atoms with E-state index >= 15 is 0 Å². The summed E-state index contributed by atoms with van der Waals surface area (Å²) < 4.78 is 0. The molecule has 0 saturated heterocycles. The summed E-state index contributed by atoms with van der Waals surface area (Å²) in [6, 6.07) is 15.5. The molecule has 7 nitrogen and oxygen atoms in total. The highest BCUT2D eigenvalue weighted by Crippen LogP contribution is 2.19. The number of benzene rings is 2. The van der Waals surface area contributed by atoms with Gasteiger partial charge < -0.3 is 15.9 Å². The third kappa shape index (κ3) is 6.83. The Morgan fingerprint density at radius 3 is 2.07 bits per heavy atom. The molecule has 2 atom stereocenters. The van der Waals surface area contributed by atoms with Gasteiger partial charge in [0.15, 0.2) is 0 Å². The maximum absolute atomic E-state index is 11.2. The largest absolute Gasteiger partial charge is 0.481 e. The van der Waals surface area contributed by atoms with Crippen LogP contribution in [0.4, 0.5) is 11.4 Å². The average molecular weight is 367 g/mol. The fourth-order valence-electron chi connectivity index (χ4n) is 2.34. The molecule has 0 saturated carbocycles. The predicted molar refractivity (Wildman–Crippen MR) is 102 cm³/mol. The third-order valence-corrected chi connectivity index (χ3v) is 3.87. The Hall–Kier alpha value is -3.32. The van der Waals surface area contributed by atoms with Crippen LogP contribution in [0.25, 0.3) is 6.08 Å². The van der Waals surface area contributed by atoms with Crippen molar-refractivity contribution in [3.05, 3.63) is 66.2 Å². The van der Waals surface area contributed by atoms with E-state index in [0.717, 1.165) is 11.3 Å². The molecule has 0 aliphatic heterocycles. The molecular formula is C20H21N3O4. The Balaban J connectivity index is 1.93. The summed E-state index contributed by atoms with van der Waals surface area (Å²) >= 11 is 0. The Kier molecular flexibility index (Phi) is 7.39. The molecule has 7 heteroatoms. The molecule has 0 radical (unpaired) electrons. The van der Waals surface area contributed by atoms with Gasteiger partial charge in [0.25, 0.3) is 0 Å². The van der Waals surface area contributed by atoms with Crippen LogP contribution in [-0.4, -0.2) is 28.2 Å². The Labute approximate surface area is 156 Å². The lowest BCUT2D eigenvalue weighted by atomic mass is 9.96. The second-order valence-corrected chi connectivity index (χ2v) is 5.98. The van der Waals surface area contributed by atoms with Crippen LogP contribution in [0.5, 0.6) is 0 Å². The first-order chi connectivity index (χ1) is 13.0. The van der Waals surface area contributed by atoms with Crippen LogP contribution >= 0.6 is 0 Å². The number of rotatable bonds is 9. The summed E-state index contributed by atoms with van der Waals surface area (Å²) in [5, 5.41) is 26.3. The van der Waals surface area contributed by atoms with Crippen LogP contribution in [0, 0.1) is 5.92 Å². The summed E-state index contributed by atoms with van der Waals surface area (Å²) in [6.45, 7) is 0. The Bertz CT molecular complexity index is 817. The standard InChI is InChI=1S/C20H21N3O4/c21-18(20(26)27)13-15(19(24)25)6-4-5-14-9-11-17(12-10-14)23-22-16-7-2-1-3-8-16/h1-5,7-12,15,18H,6,13,21H2,(H,24,25)(H,26,27)/t15?,18-/m0/s1. The predicted octanol–water partition coefficient (Wildman–Crippen LogP) is 4.01. The first kappa shape index (κ1) is 20.0. The first-order valence-corrected chi connectivity index (χ1v) is 8.40. The molecule has 0 spiro atoms. The van der Waals surface area contributed by atoms with Gasteiger partial charge in [0.2, 0.25) is 0 Å². The quantitative estimate of drug-likeness (QED) is 0.577. The van der Waals surface area contributed by atoms with E-state index in [1.54, 1.807) is 24.3 Å². The summed E-state index contributed by atoms with van der Waals surface area (Å²) in [7, 11) is 0. The molecular weight excluding hydrogens is 346 g/mol. The van der Waals surface area contributed by atoms with Crippen LogP contribution in [0.15, 0.2) is 70.9 Å². The molecule has 1 unspecified atom stereocenters. The van der Waals surface area contributed by atoms with Crippen LogP contribution in [0.3, 0.4) is 0 Å². The molecule has 2 aromatic rings. The molecule has 4 N–H and O–H groups in total. The lowest BCUT2D eigenvalue weighted by Crippen LogP contribution is -2.34. The van der Waals surface area contributed by atoms with E-state index < -0.39 is 23.9 Å². The normalized spacial score (nSPS) is 13.7. The van der Waals surface area contributed by atoms with Gasteiger partial charge in [-0.05, 0) is 42.7 Å². The summed E-state index contributed by atoms with van der Waals surface area (Å²) in [5.41, 5.74) is 7.76. The average Bonchev–Trinajstić information content (AvgIpc) is 2.67. The van der Waals surface area contributed by atoms with Crippen LogP contribution in [0.1, 0.15) is 18.4 Å². The maximum Gasteiger partial charge on any atom is 0.320 e. The maximum atomic E-state index is 11.2. The van der Waals surface area contributed by atoms with Gasteiger partial charge in [-0.1, -0.05) is 42.5 Å². The summed E-state index contributed by atoms with van der Waals surface area (Å²) in [6.07, 6.45) is 3.56. The number of carboxylic acid groups (broad SMARTS) is 2. The van der Waals surface area contributed by atoms with E-state index in [-0.39, 0.29) is 12.8 Å². The third-order valence-electron chi connectivity index (χ3n) is 3.87. The number of allylic oxidation sites excluding steroid dienone is 1. The van der Waals surface area contributed by atoms with Crippen molar-refractivity contribution in [2.75, 3.05) is 0 Å². The van der Waals surface area contributed by atoms with Crippen LogP contribution in [-0.2, 0) is 9.59 Å².